The smallest absolute Gasteiger partial charge is 0.343 e. The van der Waals surface area contributed by atoms with E-state index in [0.717, 1.165) is 0 Å². The van der Waals surface area contributed by atoms with Gasteiger partial charge in [-0.2, -0.15) is 5.10 Å². The van der Waals surface area contributed by atoms with Gasteiger partial charge < -0.3 is 19.5 Å². The average Bonchev–Trinajstić information content (AvgIpc) is 2.87. The first-order valence-corrected chi connectivity index (χ1v) is 10.6. The van der Waals surface area contributed by atoms with Crippen LogP contribution in [0.15, 0.2) is 71.8 Å². The molecule has 0 heterocycles. The summed E-state index contributed by atoms with van der Waals surface area (Å²) in [4.78, 5) is 36.8. The van der Waals surface area contributed by atoms with Gasteiger partial charge in [0.2, 0.25) is 0 Å². The Kier molecular flexibility index (Phi) is 8.42. The summed E-state index contributed by atoms with van der Waals surface area (Å²) < 4.78 is 15.9. The molecule has 3 aromatic rings. The van der Waals surface area contributed by atoms with Gasteiger partial charge in [0.1, 0.15) is 5.75 Å². The molecule has 3 aromatic carbocycles. The number of rotatable bonds is 7. The molecule has 35 heavy (non-hydrogen) atoms. The summed E-state index contributed by atoms with van der Waals surface area (Å²) in [5, 5.41) is 6.94. The van der Waals surface area contributed by atoms with Gasteiger partial charge in [0.15, 0.2) is 11.5 Å². The molecule has 0 radical (unpaired) electrons. The second-order valence-corrected chi connectivity index (χ2v) is 7.49. The maximum Gasteiger partial charge on any atom is 0.343 e. The van der Waals surface area contributed by atoms with Crippen LogP contribution < -0.4 is 25.0 Å². The molecule has 0 bridgehead atoms. The van der Waals surface area contributed by atoms with E-state index in [1.54, 1.807) is 67.6 Å². The van der Waals surface area contributed by atoms with Crippen molar-refractivity contribution in [2.45, 2.75) is 6.92 Å². The van der Waals surface area contributed by atoms with Crippen LogP contribution in [0.3, 0.4) is 0 Å². The number of esters is 1. The Morgan fingerprint density at radius 3 is 2.14 bits per heavy atom. The number of amides is 2. The van der Waals surface area contributed by atoms with E-state index < -0.39 is 17.8 Å². The summed E-state index contributed by atoms with van der Waals surface area (Å²) in [7, 11) is 2.88. The molecule has 0 atom stereocenters. The van der Waals surface area contributed by atoms with Crippen molar-refractivity contribution >= 4 is 40.8 Å². The summed E-state index contributed by atoms with van der Waals surface area (Å²) in [6, 6.07) is 17.7. The molecule has 9 nitrogen and oxygen atoms in total. The van der Waals surface area contributed by atoms with Crippen LogP contribution in [0.2, 0.25) is 5.02 Å². The number of hydrazone groups is 1. The van der Waals surface area contributed by atoms with E-state index in [2.05, 4.69) is 15.8 Å². The highest BCUT2D eigenvalue weighted by molar-refractivity contribution is 6.39. The van der Waals surface area contributed by atoms with Crippen LogP contribution in [0.5, 0.6) is 17.2 Å². The highest BCUT2D eigenvalue weighted by Crippen LogP contribution is 2.29. The number of anilines is 1. The fourth-order valence-corrected chi connectivity index (χ4v) is 3.02. The Hall–Kier alpha value is -4.37. The minimum atomic E-state index is -0.962. The zero-order valence-electron chi connectivity index (χ0n) is 19.1. The molecule has 0 spiro atoms. The highest BCUT2D eigenvalue weighted by atomic mass is 35.5. The predicted octanol–water partition coefficient (Wildman–Crippen LogP) is 4.06. The second-order valence-electron chi connectivity index (χ2n) is 7.05. The number of benzene rings is 3. The molecule has 0 aliphatic heterocycles. The number of hydrogen-bond donors (Lipinski definition) is 2. The van der Waals surface area contributed by atoms with Gasteiger partial charge in [0.25, 0.3) is 0 Å². The molecule has 0 saturated carbocycles. The maximum absolute atomic E-state index is 12.4. The zero-order valence-corrected chi connectivity index (χ0v) is 19.9. The largest absolute Gasteiger partial charge is 0.495 e. The Morgan fingerprint density at radius 1 is 0.800 bits per heavy atom. The SMILES string of the molecule is COc1ccccc1NC(=O)C(=O)N/N=C(\C)c1ccc(OC(=O)c2ccc(Cl)cc2)c(OC)c1. The lowest BCUT2D eigenvalue weighted by Gasteiger charge is -2.11. The number of methoxy groups -OCH3 is 2. The van der Waals surface area contributed by atoms with Gasteiger partial charge in [0.05, 0.1) is 31.2 Å². The van der Waals surface area contributed by atoms with Gasteiger partial charge in [-0.3, -0.25) is 9.59 Å². The maximum atomic E-state index is 12.4. The number of halogens is 1. The van der Waals surface area contributed by atoms with E-state index in [-0.39, 0.29) is 11.5 Å². The van der Waals surface area contributed by atoms with Crippen LogP contribution in [0.4, 0.5) is 5.69 Å². The minimum Gasteiger partial charge on any atom is -0.495 e. The number of carbonyl (C=O) groups is 3. The van der Waals surface area contributed by atoms with E-state index >= 15 is 0 Å². The first-order valence-electron chi connectivity index (χ1n) is 10.3. The summed E-state index contributed by atoms with van der Waals surface area (Å²) in [6.45, 7) is 1.63. The van der Waals surface area contributed by atoms with E-state index in [1.807, 2.05) is 0 Å². The van der Waals surface area contributed by atoms with Crippen LogP contribution in [-0.2, 0) is 9.59 Å². The predicted molar refractivity (Wildman–Crippen MR) is 131 cm³/mol. The lowest BCUT2D eigenvalue weighted by Crippen LogP contribution is -2.33. The number of hydrogen-bond acceptors (Lipinski definition) is 7. The summed E-state index contributed by atoms with van der Waals surface area (Å²) in [6.07, 6.45) is 0. The summed E-state index contributed by atoms with van der Waals surface area (Å²) in [5.41, 5.74) is 3.84. The van der Waals surface area contributed by atoms with E-state index in [9.17, 15) is 14.4 Å². The fraction of sp³-hybridized carbons (Fsp3) is 0.120. The molecule has 10 heteroatoms. The van der Waals surface area contributed by atoms with E-state index in [4.69, 9.17) is 25.8 Å². The number of nitrogens with zero attached hydrogens (tertiary/aromatic N) is 1. The van der Waals surface area contributed by atoms with Crippen LogP contribution >= 0.6 is 11.6 Å². The Labute approximate surface area is 206 Å². The summed E-state index contributed by atoms with van der Waals surface area (Å²) in [5.74, 6) is -1.56. The van der Waals surface area contributed by atoms with Crippen molar-refractivity contribution in [3.05, 3.63) is 82.9 Å². The van der Waals surface area contributed by atoms with Crippen molar-refractivity contribution in [3.63, 3.8) is 0 Å². The van der Waals surface area contributed by atoms with Gasteiger partial charge in [0, 0.05) is 10.6 Å². The van der Waals surface area contributed by atoms with E-state index in [0.29, 0.717) is 33.3 Å². The number of carbonyl (C=O) groups excluding carboxylic acids is 3. The second kappa shape index (κ2) is 11.7. The third-order valence-corrected chi connectivity index (χ3v) is 5.00. The average molecular weight is 496 g/mol. The Bertz CT molecular complexity index is 1270. The normalized spacial score (nSPS) is 10.8. The molecule has 180 valence electrons. The topological polar surface area (TPSA) is 115 Å². The van der Waals surface area contributed by atoms with Gasteiger partial charge in [-0.15, -0.1) is 0 Å². The quantitative estimate of drug-likeness (QED) is 0.168. The van der Waals surface area contributed by atoms with Gasteiger partial charge >= 0.3 is 17.8 Å². The van der Waals surface area contributed by atoms with Crippen molar-refractivity contribution in [1.82, 2.24) is 5.43 Å². The molecule has 0 fully saturated rings. The van der Waals surface area contributed by atoms with Crippen molar-refractivity contribution < 1.29 is 28.6 Å². The summed E-state index contributed by atoms with van der Waals surface area (Å²) >= 11 is 5.85. The van der Waals surface area contributed by atoms with Crippen molar-refractivity contribution in [2.24, 2.45) is 5.10 Å². The molecular weight excluding hydrogens is 474 g/mol. The van der Waals surface area contributed by atoms with Crippen molar-refractivity contribution in [3.8, 4) is 17.2 Å². The highest BCUT2D eigenvalue weighted by Gasteiger charge is 2.17. The molecule has 0 aliphatic rings. The number of nitrogens with one attached hydrogen (secondary N) is 2. The molecule has 0 saturated heterocycles. The van der Waals surface area contributed by atoms with Crippen LogP contribution in [0, 0.1) is 0 Å². The molecular formula is C25H22ClN3O6. The van der Waals surface area contributed by atoms with Gasteiger partial charge in [-0.25, -0.2) is 10.2 Å². The molecule has 0 unspecified atom stereocenters. The fourth-order valence-electron chi connectivity index (χ4n) is 2.90. The third kappa shape index (κ3) is 6.58. The minimum absolute atomic E-state index is 0.198. The van der Waals surface area contributed by atoms with Gasteiger partial charge in [-0.05, 0) is 61.5 Å². The monoisotopic (exact) mass is 495 g/mol. The first-order chi connectivity index (χ1) is 16.8. The first kappa shape index (κ1) is 25.3. The molecule has 2 N–H and O–H groups in total. The molecule has 0 aliphatic carbocycles. The van der Waals surface area contributed by atoms with Crippen LogP contribution in [0.1, 0.15) is 22.8 Å². The van der Waals surface area contributed by atoms with Crippen LogP contribution in [0.25, 0.3) is 0 Å². The van der Waals surface area contributed by atoms with Crippen LogP contribution in [-0.4, -0.2) is 37.7 Å². The zero-order chi connectivity index (χ0) is 25.4. The number of para-hydroxylation sites is 2. The standard InChI is InChI=1S/C25H22ClN3O6/c1-15(28-29-24(31)23(30)27-19-6-4-5-7-20(19)33-2)17-10-13-21(22(14-17)34-3)35-25(32)16-8-11-18(26)12-9-16/h4-14H,1-3H3,(H,27,30)(H,29,31)/b28-15+. The Morgan fingerprint density at radius 2 is 1.46 bits per heavy atom. The van der Waals surface area contributed by atoms with Crippen molar-refractivity contribution in [1.29, 1.82) is 0 Å². The lowest BCUT2D eigenvalue weighted by molar-refractivity contribution is -0.136. The Balaban J connectivity index is 1.67. The van der Waals surface area contributed by atoms with Crippen molar-refractivity contribution in [2.75, 3.05) is 19.5 Å². The third-order valence-electron chi connectivity index (χ3n) is 4.75. The number of ether oxygens (including phenoxy) is 3. The molecule has 2 amide bonds. The molecule has 0 aromatic heterocycles. The van der Waals surface area contributed by atoms with E-state index in [1.165, 1.54) is 20.3 Å². The lowest BCUT2D eigenvalue weighted by atomic mass is 10.1. The molecule has 3 rings (SSSR count). The van der Waals surface area contributed by atoms with Gasteiger partial charge in [-0.1, -0.05) is 23.7 Å².